The Bertz CT molecular complexity index is 1100. The number of rotatable bonds is 13. The largest absolute Gasteiger partial charge is 0.494 e. The molecule has 2 aromatic carbocycles. The van der Waals surface area contributed by atoms with Crippen LogP contribution in [-0.4, -0.2) is 62.5 Å². The van der Waals surface area contributed by atoms with Crippen LogP contribution in [0, 0.1) is 0 Å². The lowest BCUT2D eigenvalue weighted by Gasteiger charge is -2.28. The van der Waals surface area contributed by atoms with Crippen LogP contribution in [0.4, 0.5) is 0 Å². The number of sulfone groups is 1. The van der Waals surface area contributed by atoms with Crippen molar-refractivity contribution in [3.63, 3.8) is 0 Å². The van der Waals surface area contributed by atoms with Crippen LogP contribution in [0.25, 0.3) is 0 Å². The molecular formula is C26H34N2O6S. The van der Waals surface area contributed by atoms with Gasteiger partial charge in [0.05, 0.1) is 17.3 Å². The molecule has 0 bridgehead atoms. The smallest absolute Gasteiger partial charge is 0.251 e. The fourth-order valence-corrected chi connectivity index (χ4v) is 5.21. The first-order valence-corrected chi connectivity index (χ1v) is 13.6. The summed E-state index contributed by atoms with van der Waals surface area (Å²) in [5.74, 6) is 0.370. The zero-order valence-electron chi connectivity index (χ0n) is 20.3. The van der Waals surface area contributed by atoms with Crippen molar-refractivity contribution in [2.45, 2.75) is 56.1 Å². The summed E-state index contributed by atoms with van der Waals surface area (Å²) in [5, 5.41) is 11.8. The Labute approximate surface area is 207 Å². The molecule has 2 atom stereocenters. The highest BCUT2D eigenvalue weighted by molar-refractivity contribution is 7.91. The number of nitrogens with zero attached hydrogens (tertiary/aromatic N) is 1. The van der Waals surface area contributed by atoms with Gasteiger partial charge < -0.3 is 19.9 Å². The van der Waals surface area contributed by atoms with Gasteiger partial charge in [-0.3, -0.25) is 4.79 Å². The molecule has 0 aliphatic carbocycles. The first kappa shape index (κ1) is 26.7. The number of aliphatic hydroxyl groups is 1. The van der Waals surface area contributed by atoms with E-state index in [4.69, 9.17) is 19.6 Å². The molecule has 2 N–H and O–H groups in total. The lowest BCUT2D eigenvalue weighted by Crippen LogP contribution is -2.52. The van der Waals surface area contributed by atoms with E-state index in [1.807, 2.05) is 6.92 Å². The standard InChI is InChI=1S/C26H34N2O6S/c1-3-4-16-27-25(30)26(15-19-35(31,32)23-9-6-5-7-10-23)20(2)34-24(28-26)21-11-13-22(14-12-21)33-18-8-17-29/h5-7,9-14,20,29H,3-4,8,15-19H2,1-2H3,(H,27,30)/t20-,26-/m1/s1. The second-order valence-corrected chi connectivity index (χ2v) is 10.7. The first-order valence-electron chi connectivity index (χ1n) is 12.0. The number of ether oxygens (including phenoxy) is 2. The average Bonchev–Trinajstić information content (AvgIpc) is 3.21. The van der Waals surface area contributed by atoms with Gasteiger partial charge in [-0.2, -0.15) is 0 Å². The van der Waals surface area contributed by atoms with E-state index in [9.17, 15) is 13.2 Å². The number of hydrogen-bond donors (Lipinski definition) is 2. The molecule has 1 aliphatic heterocycles. The highest BCUT2D eigenvalue weighted by Crippen LogP contribution is 2.33. The molecule has 0 spiro atoms. The topological polar surface area (TPSA) is 114 Å². The summed E-state index contributed by atoms with van der Waals surface area (Å²) in [6, 6.07) is 15.3. The highest BCUT2D eigenvalue weighted by atomic mass is 32.2. The number of carbonyl (C=O) groups excluding carboxylic acids is 1. The SMILES string of the molecule is CCCCNC(=O)[C@]1(CCS(=O)(=O)c2ccccc2)N=C(c2ccc(OCCCO)cc2)O[C@@H]1C. The van der Waals surface area contributed by atoms with E-state index < -0.39 is 21.5 Å². The number of aliphatic hydroxyl groups excluding tert-OH is 1. The molecular weight excluding hydrogens is 468 g/mol. The summed E-state index contributed by atoms with van der Waals surface area (Å²) in [7, 11) is -3.61. The Morgan fingerprint density at radius 1 is 1.14 bits per heavy atom. The summed E-state index contributed by atoms with van der Waals surface area (Å²) >= 11 is 0. The molecule has 0 unspecified atom stereocenters. The number of unbranched alkanes of at least 4 members (excludes halogenated alkanes) is 1. The summed E-state index contributed by atoms with van der Waals surface area (Å²) in [4.78, 5) is 18.3. The Hall–Kier alpha value is -2.91. The Morgan fingerprint density at radius 2 is 1.86 bits per heavy atom. The molecule has 190 valence electrons. The minimum absolute atomic E-state index is 0.00475. The number of aliphatic imine (C=N–C) groups is 1. The minimum atomic E-state index is -3.61. The van der Waals surface area contributed by atoms with Crippen LogP contribution in [0.3, 0.4) is 0 Å². The van der Waals surface area contributed by atoms with Gasteiger partial charge in [-0.1, -0.05) is 31.5 Å². The van der Waals surface area contributed by atoms with Crippen molar-refractivity contribution >= 4 is 21.6 Å². The first-order chi connectivity index (χ1) is 16.8. The third-order valence-corrected chi connectivity index (χ3v) is 7.73. The summed E-state index contributed by atoms with van der Waals surface area (Å²) in [6.07, 6.45) is 1.62. The van der Waals surface area contributed by atoms with Crippen LogP contribution >= 0.6 is 0 Å². The second-order valence-electron chi connectivity index (χ2n) is 8.54. The molecule has 1 heterocycles. The van der Waals surface area contributed by atoms with Crippen LogP contribution in [0.2, 0.25) is 0 Å². The molecule has 2 aromatic rings. The number of nitrogens with one attached hydrogen (secondary N) is 1. The maximum absolute atomic E-state index is 13.4. The number of carbonyl (C=O) groups is 1. The Morgan fingerprint density at radius 3 is 2.51 bits per heavy atom. The summed E-state index contributed by atoms with van der Waals surface area (Å²) in [5.41, 5.74) is -0.693. The minimum Gasteiger partial charge on any atom is -0.494 e. The lowest BCUT2D eigenvalue weighted by molar-refractivity contribution is -0.128. The molecule has 0 aromatic heterocycles. The molecule has 0 fully saturated rings. The average molecular weight is 503 g/mol. The van der Waals surface area contributed by atoms with Crippen molar-refractivity contribution in [1.29, 1.82) is 0 Å². The molecule has 0 saturated heterocycles. The van der Waals surface area contributed by atoms with Crippen LogP contribution < -0.4 is 10.1 Å². The van der Waals surface area contributed by atoms with Gasteiger partial charge in [0.25, 0.3) is 5.91 Å². The van der Waals surface area contributed by atoms with E-state index in [0.29, 0.717) is 36.8 Å². The third-order valence-electron chi connectivity index (χ3n) is 6.00. The van der Waals surface area contributed by atoms with Gasteiger partial charge in [0.15, 0.2) is 15.4 Å². The van der Waals surface area contributed by atoms with Gasteiger partial charge in [-0.05, 0) is 56.2 Å². The van der Waals surface area contributed by atoms with Gasteiger partial charge in [0.2, 0.25) is 5.90 Å². The Kier molecular flexibility index (Phi) is 9.28. The lowest BCUT2D eigenvalue weighted by atomic mass is 9.90. The van der Waals surface area contributed by atoms with Crippen molar-refractivity contribution in [3.05, 3.63) is 60.2 Å². The van der Waals surface area contributed by atoms with Crippen LogP contribution in [-0.2, 0) is 19.4 Å². The predicted octanol–water partition coefficient (Wildman–Crippen LogP) is 3.13. The van der Waals surface area contributed by atoms with Crippen molar-refractivity contribution in [3.8, 4) is 5.75 Å². The van der Waals surface area contributed by atoms with Gasteiger partial charge in [0, 0.05) is 25.1 Å². The maximum Gasteiger partial charge on any atom is 0.251 e. The number of hydrogen-bond acceptors (Lipinski definition) is 7. The Balaban J connectivity index is 1.85. The molecule has 3 rings (SSSR count). The van der Waals surface area contributed by atoms with Crippen LogP contribution in [0.15, 0.2) is 64.5 Å². The maximum atomic E-state index is 13.4. The van der Waals surface area contributed by atoms with Crippen molar-refractivity contribution in [2.75, 3.05) is 25.5 Å². The molecule has 9 heteroatoms. The zero-order chi connectivity index (χ0) is 25.3. The molecule has 1 aliphatic rings. The monoisotopic (exact) mass is 502 g/mol. The highest BCUT2D eigenvalue weighted by Gasteiger charge is 2.50. The van der Waals surface area contributed by atoms with Crippen molar-refractivity contribution in [1.82, 2.24) is 5.32 Å². The van der Waals surface area contributed by atoms with E-state index in [1.54, 1.807) is 61.5 Å². The third kappa shape index (κ3) is 6.61. The van der Waals surface area contributed by atoms with E-state index in [0.717, 1.165) is 12.8 Å². The van der Waals surface area contributed by atoms with Gasteiger partial charge >= 0.3 is 0 Å². The fraction of sp³-hybridized carbons (Fsp3) is 0.462. The molecule has 0 saturated carbocycles. The number of benzene rings is 2. The molecule has 0 radical (unpaired) electrons. The van der Waals surface area contributed by atoms with Crippen LogP contribution in [0.5, 0.6) is 5.75 Å². The van der Waals surface area contributed by atoms with E-state index in [1.165, 1.54) is 0 Å². The van der Waals surface area contributed by atoms with Gasteiger partial charge in [0.1, 0.15) is 11.9 Å². The van der Waals surface area contributed by atoms with Gasteiger partial charge in [-0.25, -0.2) is 13.4 Å². The van der Waals surface area contributed by atoms with Crippen molar-refractivity contribution < 1.29 is 27.8 Å². The van der Waals surface area contributed by atoms with E-state index in [2.05, 4.69) is 5.32 Å². The summed E-state index contributed by atoms with van der Waals surface area (Å²) in [6.45, 7) is 4.73. The number of amides is 1. The quantitative estimate of drug-likeness (QED) is 0.407. The molecule has 35 heavy (non-hydrogen) atoms. The van der Waals surface area contributed by atoms with E-state index in [-0.39, 0.29) is 29.6 Å². The van der Waals surface area contributed by atoms with Crippen molar-refractivity contribution in [2.24, 2.45) is 4.99 Å². The summed E-state index contributed by atoms with van der Waals surface area (Å²) < 4.78 is 37.5. The normalized spacial score (nSPS) is 19.6. The fourth-order valence-electron chi connectivity index (χ4n) is 3.82. The van der Waals surface area contributed by atoms with E-state index >= 15 is 0 Å². The predicted molar refractivity (Wildman–Crippen MR) is 134 cm³/mol. The second kappa shape index (κ2) is 12.2. The molecule has 8 nitrogen and oxygen atoms in total. The zero-order valence-corrected chi connectivity index (χ0v) is 21.1. The van der Waals surface area contributed by atoms with Gasteiger partial charge in [-0.15, -0.1) is 0 Å². The molecule has 1 amide bonds. The van der Waals surface area contributed by atoms with Crippen LogP contribution in [0.1, 0.15) is 45.1 Å².